The summed E-state index contributed by atoms with van der Waals surface area (Å²) in [5.41, 5.74) is 0. The summed E-state index contributed by atoms with van der Waals surface area (Å²) < 4.78 is 0. The van der Waals surface area contributed by atoms with Crippen molar-refractivity contribution in [1.82, 2.24) is 5.32 Å². The molecule has 0 spiro atoms. The van der Waals surface area contributed by atoms with Crippen LogP contribution in [0.1, 0.15) is 44.9 Å². The fourth-order valence-electron chi connectivity index (χ4n) is 2.26. The van der Waals surface area contributed by atoms with E-state index < -0.39 is 0 Å². The van der Waals surface area contributed by atoms with Crippen LogP contribution in [-0.4, -0.2) is 24.8 Å². The van der Waals surface area contributed by atoms with E-state index >= 15 is 0 Å². The highest BCUT2D eigenvalue weighted by molar-refractivity contribution is 4.72. The van der Waals surface area contributed by atoms with Gasteiger partial charge in [0.25, 0.3) is 0 Å². The first-order chi connectivity index (χ1) is 6.33. The van der Waals surface area contributed by atoms with Crippen LogP contribution in [0.15, 0.2) is 0 Å². The molecule has 2 nitrogen and oxygen atoms in total. The summed E-state index contributed by atoms with van der Waals surface area (Å²) in [6.07, 6.45) is 8.59. The van der Waals surface area contributed by atoms with E-state index in [0.717, 1.165) is 25.3 Å². The van der Waals surface area contributed by atoms with E-state index in [1.165, 1.54) is 32.1 Å². The van der Waals surface area contributed by atoms with Crippen LogP contribution in [0.3, 0.4) is 0 Å². The van der Waals surface area contributed by atoms with Gasteiger partial charge >= 0.3 is 0 Å². The van der Waals surface area contributed by atoms with E-state index in [9.17, 15) is 5.11 Å². The third-order valence-electron chi connectivity index (χ3n) is 3.04. The summed E-state index contributed by atoms with van der Waals surface area (Å²) in [5.74, 6) is 0.806. The average Bonchev–Trinajstić information content (AvgIpc) is 2.13. The summed E-state index contributed by atoms with van der Waals surface area (Å²) in [5, 5.41) is 12.6. The molecule has 1 aliphatic carbocycles. The first kappa shape index (κ1) is 11.0. The molecule has 0 aromatic rings. The summed E-state index contributed by atoms with van der Waals surface area (Å²) >= 11 is 0. The zero-order valence-electron chi connectivity index (χ0n) is 8.76. The van der Waals surface area contributed by atoms with Crippen LogP contribution in [0.4, 0.5) is 0 Å². The molecule has 2 N–H and O–H groups in total. The smallest absolute Gasteiger partial charge is 0.0542 e. The van der Waals surface area contributed by atoms with Crippen LogP contribution >= 0.6 is 0 Å². The second-order valence-electron chi connectivity index (χ2n) is 4.29. The van der Waals surface area contributed by atoms with Crippen LogP contribution < -0.4 is 5.32 Å². The summed E-state index contributed by atoms with van der Waals surface area (Å²) in [4.78, 5) is 0. The SMILES string of the molecule is CNCCCCC1CCCC(O)C1. The Hall–Kier alpha value is -0.0800. The van der Waals surface area contributed by atoms with Crippen molar-refractivity contribution < 1.29 is 5.11 Å². The second kappa shape index (κ2) is 6.39. The first-order valence-electron chi connectivity index (χ1n) is 5.65. The number of aliphatic hydroxyl groups excluding tert-OH is 1. The van der Waals surface area contributed by atoms with Gasteiger partial charge in [-0.05, 0) is 38.8 Å². The number of hydrogen-bond acceptors (Lipinski definition) is 2. The number of hydrogen-bond donors (Lipinski definition) is 2. The van der Waals surface area contributed by atoms with Gasteiger partial charge in [-0.25, -0.2) is 0 Å². The Morgan fingerprint density at radius 3 is 2.85 bits per heavy atom. The lowest BCUT2D eigenvalue weighted by Crippen LogP contribution is -2.19. The fraction of sp³-hybridized carbons (Fsp3) is 1.00. The van der Waals surface area contributed by atoms with Gasteiger partial charge in [-0.3, -0.25) is 0 Å². The molecule has 0 aromatic carbocycles. The zero-order valence-corrected chi connectivity index (χ0v) is 8.76. The standard InChI is InChI=1S/C11H23NO/c1-12-8-3-2-5-10-6-4-7-11(13)9-10/h10-13H,2-9H2,1H3. The van der Waals surface area contributed by atoms with E-state index in [1.807, 2.05) is 7.05 Å². The van der Waals surface area contributed by atoms with Crippen molar-refractivity contribution in [2.75, 3.05) is 13.6 Å². The first-order valence-corrected chi connectivity index (χ1v) is 5.65. The molecule has 0 amide bonds. The van der Waals surface area contributed by atoms with Gasteiger partial charge in [-0.2, -0.15) is 0 Å². The van der Waals surface area contributed by atoms with Crippen molar-refractivity contribution in [3.05, 3.63) is 0 Å². The van der Waals surface area contributed by atoms with E-state index in [-0.39, 0.29) is 6.10 Å². The molecular formula is C11H23NO. The van der Waals surface area contributed by atoms with Gasteiger partial charge in [-0.15, -0.1) is 0 Å². The maximum atomic E-state index is 9.47. The molecule has 1 aliphatic rings. The van der Waals surface area contributed by atoms with Gasteiger partial charge in [0.2, 0.25) is 0 Å². The van der Waals surface area contributed by atoms with Crippen molar-refractivity contribution in [3.63, 3.8) is 0 Å². The minimum atomic E-state index is 0.00282. The highest BCUT2D eigenvalue weighted by Crippen LogP contribution is 2.27. The molecule has 0 bridgehead atoms. The molecule has 2 unspecified atom stereocenters. The molecule has 0 radical (unpaired) electrons. The largest absolute Gasteiger partial charge is 0.393 e. The van der Waals surface area contributed by atoms with Gasteiger partial charge in [0.15, 0.2) is 0 Å². The number of nitrogens with one attached hydrogen (secondary N) is 1. The maximum Gasteiger partial charge on any atom is 0.0542 e. The van der Waals surface area contributed by atoms with Crippen molar-refractivity contribution in [3.8, 4) is 0 Å². The molecule has 0 aliphatic heterocycles. The summed E-state index contributed by atoms with van der Waals surface area (Å²) in [7, 11) is 2.00. The fourth-order valence-corrected chi connectivity index (χ4v) is 2.26. The van der Waals surface area contributed by atoms with Crippen LogP contribution in [-0.2, 0) is 0 Å². The molecular weight excluding hydrogens is 162 g/mol. The molecule has 1 saturated carbocycles. The Labute approximate surface area is 81.7 Å². The van der Waals surface area contributed by atoms with Crippen LogP contribution in [0.5, 0.6) is 0 Å². The van der Waals surface area contributed by atoms with Gasteiger partial charge in [0, 0.05) is 0 Å². The lowest BCUT2D eigenvalue weighted by Gasteiger charge is -2.25. The zero-order chi connectivity index (χ0) is 9.52. The average molecular weight is 185 g/mol. The van der Waals surface area contributed by atoms with E-state index in [0.29, 0.717) is 0 Å². The summed E-state index contributed by atoms with van der Waals surface area (Å²) in [6, 6.07) is 0. The highest BCUT2D eigenvalue weighted by atomic mass is 16.3. The normalized spacial score (nSPS) is 29.1. The van der Waals surface area contributed by atoms with E-state index in [2.05, 4.69) is 5.32 Å². The van der Waals surface area contributed by atoms with Gasteiger partial charge in [-0.1, -0.05) is 25.7 Å². The van der Waals surface area contributed by atoms with Crippen molar-refractivity contribution in [2.45, 2.75) is 51.0 Å². The van der Waals surface area contributed by atoms with Crippen molar-refractivity contribution in [2.24, 2.45) is 5.92 Å². The predicted molar refractivity (Wildman–Crippen MR) is 55.7 cm³/mol. The molecule has 13 heavy (non-hydrogen) atoms. The number of aliphatic hydroxyl groups is 1. The second-order valence-corrected chi connectivity index (χ2v) is 4.29. The van der Waals surface area contributed by atoms with Gasteiger partial charge < -0.3 is 10.4 Å². The summed E-state index contributed by atoms with van der Waals surface area (Å²) in [6.45, 7) is 1.13. The minimum absolute atomic E-state index is 0.00282. The highest BCUT2D eigenvalue weighted by Gasteiger charge is 2.19. The number of rotatable bonds is 5. The Bertz CT molecular complexity index is 127. The Morgan fingerprint density at radius 2 is 2.15 bits per heavy atom. The van der Waals surface area contributed by atoms with Crippen molar-refractivity contribution in [1.29, 1.82) is 0 Å². The lowest BCUT2D eigenvalue weighted by atomic mass is 9.84. The van der Waals surface area contributed by atoms with E-state index in [4.69, 9.17) is 0 Å². The molecule has 0 aromatic heterocycles. The van der Waals surface area contributed by atoms with Crippen LogP contribution in [0.2, 0.25) is 0 Å². The lowest BCUT2D eigenvalue weighted by molar-refractivity contribution is 0.0974. The molecule has 1 fully saturated rings. The predicted octanol–water partition coefficient (Wildman–Crippen LogP) is 1.93. The topological polar surface area (TPSA) is 32.3 Å². The van der Waals surface area contributed by atoms with Crippen molar-refractivity contribution >= 4 is 0 Å². The monoisotopic (exact) mass is 185 g/mol. The van der Waals surface area contributed by atoms with Gasteiger partial charge in [0.05, 0.1) is 6.10 Å². The molecule has 2 atom stereocenters. The third kappa shape index (κ3) is 4.63. The third-order valence-corrected chi connectivity index (χ3v) is 3.04. The Morgan fingerprint density at radius 1 is 1.31 bits per heavy atom. The Kier molecular flexibility index (Phi) is 5.40. The van der Waals surface area contributed by atoms with Crippen LogP contribution in [0.25, 0.3) is 0 Å². The molecule has 0 heterocycles. The quantitative estimate of drug-likeness (QED) is 0.641. The molecule has 78 valence electrons. The van der Waals surface area contributed by atoms with Crippen LogP contribution in [0, 0.1) is 5.92 Å². The van der Waals surface area contributed by atoms with Gasteiger partial charge in [0.1, 0.15) is 0 Å². The Balaban J connectivity index is 2.00. The van der Waals surface area contributed by atoms with E-state index in [1.54, 1.807) is 0 Å². The maximum absolute atomic E-state index is 9.47. The minimum Gasteiger partial charge on any atom is -0.393 e. The number of unbranched alkanes of at least 4 members (excludes halogenated alkanes) is 1. The molecule has 2 heteroatoms. The molecule has 1 rings (SSSR count). The molecule has 0 saturated heterocycles.